The second-order valence-corrected chi connectivity index (χ2v) is 7.39. The number of halogens is 2. The summed E-state index contributed by atoms with van der Waals surface area (Å²) in [6.45, 7) is 5.04. The van der Waals surface area contributed by atoms with Crippen LogP contribution in [-0.4, -0.2) is 35.1 Å². The van der Waals surface area contributed by atoms with E-state index in [1.807, 2.05) is 11.8 Å². The first kappa shape index (κ1) is 18.2. The Labute approximate surface area is 157 Å². The van der Waals surface area contributed by atoms with Crippen molar-refractivity contribution in [1.82, 2.24) is 10.1 Å². The van der Waals surface area contributed by atoms with Crippen molar-refractivity contribution in [3.63, 3.8) is 0 Å². The first-order chi connectivity index (χ1) is 11.9. The van der Waals surface area contributed by atoms with Gasteiger partial charge in [0.25, 0.3) is 5.91 Å². The van der Waals surface area contributed by atoms with Crippen molar-refractivity contribution in [2.24, 2.45) is 11.7 Å². The zero-order valence-electron chi connectivity index (χ0n) is 14.3. The van der Waals surface area contributed by atoms with E-state index in [1.54, 1.807) is 25.1 Å². The van der Waals surface area contributed by atoms with Crippen LogP contribution in [-0.2, 0) is 0 Å². The number of nitrogens with two attached hydrogens (primary N) is 1. The normalized spacial score (nSPS) is 19.1. The molecule has 0 saturated carbocycles. The van der Waals surface area contributed by atoms with Crippen molar-refractivity contribution in [2.75, 3.05) is 13.1 Å². The Bertz CT molecular complexity index is 768. The van der Waals surface area contributed by atoms with Gasteiger partial charge in [-0.1, -0.05) is 34.4 Å². The van der Waals surface area contributed by atoms with Crippen molar-refractivity contribution in [3.05, 3.63) is 39.6 Å². The molecule has 0 spiro atoms. The highest BCUT2D eigenvalue weighted by atomic mass is 35.5. The molecule has 1 aromatic carbocycles. The molecule has 0 radical (unpaired) electrons. The molecule has 2 aromatic rings. The summed E-state index contributed by atoms with van der Waals surface area (Å²) >= 11 is 12.6. The largest absolute Gasteiger partial charge is 0.360 e. The van der Waals surface area contributed by atoms with E-state index >= 15 is 0 Å². The number of carbonyl (C=O) groups excluding carboxylic acids is 1. The van der Waals surface area contributed by atoms with Gasteiger partial charge in [0.2, 0.25) is 0 Å². The number of piperidine rings is 1. The molecule has 1 fully saturated rings. The molecule has 5 nitrogen and oxygen atoms in total. The molecule has 1 aliphatic heterocycles. The summed E-state index contributed by atoms with van der Waals surface area (Å²) in [6, 6.07) is 5.24. The first-order valence-electron chi connectivity index (χ1n) is 8.35. The Hall–Kier alpha value is -1.56. The Morgan fingerprint density at radius 2 is 2.08 bits per heavy atom. The number of hydrogen-bond donors (Lipinski definition) is 1. The number of benzene rings is 1. The lowest BCUT2D eigenvalue weighted by molar-refractivity contribution is 0.0660. The maximum Gasteiger partial charge on any atom is 0.259 e. The lowest BCUT2D eigenvalue weighted by Crippen LogP contribution is -2.45. The van der Waals surface area contributed by atoms with E-state index in [9.17, 15) is 4.79 Å². The number of aryl methyl sites for hydroxylation is 1. The van der Waals surface area contributed by atoms with Gasteiger partial charge in [0, 0.05) is 24.7 Å². The fraction of sp³-hybridized carbons (Fsp3) is 0.444. The van der Waals surface area contributed by atoms with Gasteiger partial charge in [0.05, 0.1) is 10.0 Å². The summed E-state index contributed by atoms with van der Waals surface area (Å²) in [5.74, 6) is 0.638. The molecular weight excluding hydrogens is 361 g/mol. The molecule has 7 heteroatoms. The number of hydrogen-bond acceptors (Lipinski definition) is 4. The van der Waals surface area contributed by atoms with Gasteiger partial charge in [-0.25, -0.2) is 0 Å². The maximum atomic E-state index is 13.2. The van der Waals surface area contributed by atoms with Crippen molar-refractivity contribution in [1.29, 1.82) is 0 Å². The van der Waals surface area contributed by atoms with Gasteiger partial charge in [-0.05, 0) is 44.7 Å². The molecule has 2 atom stereocenters. The Morgan fingerprint density at radius 3 is 2.72 bits per heavy atom. The van der Waals surface area contributed by atoms with Gasteiger partial charge in [0.1, 0.15) is 17.0 Å². The Kier molecular flexibility index (Phi) is 5.37. The summed E-state index contributed by atoms with van der Waals surface area (Å²) < 4.78 is 5.31. The fourth-order valence-corrected chi connectivity index (χ4v) is 3.88. The zero-order chi connectivity index (χ0) is 18.1. The first-order valence-corrected chi connectivity index (χ1v) is 9.11. The SMILES string of the molecule is Cc1onc(-c2c(Cl)cccc2Cl)c1C(=O)N1CCCC(C(C)N)C1. The molecular formula is C18H21Cl2N3O2. The number of rotatable bonds is 3. The van der Waals surface area contributed by atoms with E-state index in [4.69, 9.17) is 33.5 Å². The smallest absolute Gasteiger partial charge is 0.259 e. The third-order valence-electron chi connectivity index (χ3n) is 4.76. The lowest BCUT2D eigenvalue weighted by atomic mass is 9.91. The van der Waals surface area contributed by atoms with Crippen LogP contribution in [0.2, 0.25) is 10.0 Å². The molecule has 2 N–H and O–H groups in total. The van der Waals surface area contributed by atoms with Crippen LogP contribution in [0.5, 0.6) is 0 Å². The molecule has 0 aliphatic carbocycles. The van der Waals surface area contributed by atoms with Crippen LogP contribution in [0.4, 0.5) is 0 Å². The minimum absolute atomic E-state index is 0.0525. The predicted molar refractivity (Wildman–Crippen MR) is 99.0 cm³/mol. The van der Waals surface area contributed by atoms with Gasteiger partial charge in [0.15, 0.2) is 0 Å². The van der Waals surface area contributed by atoms with Gasteiger partial charge < -0.3 is 15.2 Å². The third-order valence-corrected chi connectivity index (χ3v) is 5.39. The van der Waals surface area contributed by atoms with Crippen LogP contribution in [0.25, 0.3) is 11.3 Å². The van der Waals surface area contributed by atoms with Crippen LogP contribution >= 0.6 is 23.2 Å². The summed E-state index contributed by atoms with van der Waals surface area (Å²) in [5.41, 5.74) is 7.36. The number of amides is 1. The molecule has 2 unspecified atom stereocenters. The van der Waals surface area contributed by atoms with Crippen molar-refractivity contribution in [2.45, 2.75) is 32.7 Å². The van der Waals surface area contributed by atoms with Gasteiger partial charge in [-0.15, -0.1) is 0 Å². The monoisotopic (exact) mass is 381 g/mol. The zero-order valence-corrected chi connectivity index (χ0v) is 15.8. The summed E-state index contributed by atoms with van der Waals surface area (Å²) in [6.07, 6.45) is 1.97. The number of carbonyl (C=O) groups is 1. The Balaban J connectivity index is 1.98. The van der Waals surface area contributed by atoms with E-state index in [-0.39, 0.29) is 11.9 Å². The summed E-state index contributed by atoms with van der Waals surface area (Å²) in [5, 5.41) is 4.93. The topological polar surface area (TPSA) is 72.4 Å². The van der Waals surface area contributed by atoms with Crippen LogP contribution in [0.1, 0.15) is 35.9 Å². The Morgan fingerprint density at radius 1 is 1.40 bits per heavy atom. The quantitative estimate of drug-likeness (QED) is 0.866. The molecule has 3 rings (SSSR count). The molecule has 25 heavy (non-hydrogen) atoms. The molecule has 1 saturated heterocycles. The van der Waals surface area contributed by atoms with Gasteiger partial charge >= 0.3 is 0 Å². The molecule has 1 amide bonds. The van der Waals surface area contributed by atoms with Crippen LogP contribution in [0, 0.1) is 12.8 Å². The predicted octanol–water partition coefficient (Wildman–Crippen LogP) is 4.16. The van der Waals surface area contributed by atoms with E-state index in [2.05, 4.69) is 5.16 Å². The fourth-order valence-electron chi connectivity index (χ4n) is 3.30. The lowest BCUT2D eigenvalue weighted by Gasteiger charge is -2.34. The van der Waals surface area contributed by atoms with E-state index < -0.39 is 0 Å². The summed E-state index contributed by atoms with van der Waals surface area (Å²) in [7, 11) is 0. The second kappa shape index (κ2) is 7.36. The molecule has 1 aliphatic rings. The van der Waals surface area contributed by atoms with Crippen LogP contribution in [0.3, 0.4) is 0 Å². The van der Waals surface area contributed by atoms with Crippen molar-refractivity contribution in [3.8, 4) is 11.3 Å². The van der Waals surface area contributed by atoms with E-state index in [1.165, 1.54) is 0 Å². The average Bonchev–Trinajstić information content (AvgIpc) is 2.95. The average molecular weight is 382 g/mol. The third kappa shape index (κ3) is 3.54. The maximum absolute atomic E-state index is 13.2. The molecule has 0 bridgehead atoms. The van der Waals surface area contributed by atoms with Crippen molar-refractivity contribution >= 4 is 29.1 Å². The number of nitrogens with zero attached hydrogens (tertiary/aromatic N) is 2. The molecule has 134 valence electrons. The minimum atomic E-state index is -0.116. The standard InChI is InChI=1S/C18H21Cl2N3O2/c1-10(21)12-5-4-8-23(9-12)18(24)15-11(2)25-22-17(15)16-13(19)6-3-7-14(16)20/h3,6-7,10,12H,4-5,8-9,21H2,1-2H3. The highest BCUT2D eigenvalue weighted by Crippen LogP contribution is 2.37. The highest BCUT2D eigenvalue weighted by Gasteiger charge is 2.31. The van der Waals surface area contributed by atoms with Gasteiger partial charge in [-0.2, -0.15) is 0 Å². The molecule has 1 aromatic heterocycles. The number of aromatic nitrogens is 1. The van der Waals surface area contributed by atoms with Gasteiger partial charge in [-0.3, -0.25) is 4.79 Å². The number of likely N-dealkylation sites (tertiary alicyclic amines) is 1. The van der Waals surface area contributed by atoms with E-state index in [0.29, 0.717) is 51.6 Å². The molecule has 2 heterocycles. The second-order valence-electron chi connectivity index (χ2n) is 6.57. The van der Waals surface area contributed by atoms with Crippen LogP contribution < -0.4 is 5.73 Å². The minimum Gasteiger partial charge on any atom is -0.360 e. The van der Waals surface area contributed by atoms with Crippen molar-refractivity contribution < 1.29 is 9.32 Å². The van der Waals surface area contributed by atoms with Crippen LogP contribution in [0.15, 0.2) is 22.7 Å². The summed E-state index contributed by atoms with van der Waals surface area (Å²) in [4.78, 5) is 15.0. The highest BCUT2D eigenvalue weighted by molar-refractivity contribution is 6.39. The van der Waals surface area contributed by atoms with E-state index in [0.717, 1.165) is 12.8 Å².